The molecule has 2 aromatic rings. The summed E-state index contributed by atoms with van der Waals surface area (Å²) < 4.78 is 1.24. The van der Waals surface area contributed by atoms with Crippen LogP contribution in [0.5, 0.6) is 0 Å². The van der Waals surface area contributed by atoms with E-state index in [0.29, 0.717) is 6.42 Å². The summed E-state index contributed by atoms with van der Waals surface area (Å²) in [5.74, 6) is -0.382. The number of benzene rings is 1. The number of amides is 1. The molecule has 0 aliphatic heterocycles. The van der Waals surface area contributed by atoms with E-state index in [1.54, 1.807) is 13.8 Å². The SMILES string of the molecule is CC(C)(C(=O)NC[C@@H](O)Cc1ccccc1)n1cc([N+](=O)[O-])cn1. The lowest BCUT2D eigenvalue weighted by molar-refractivity contribution is -0.385. The molecule has 0 fully saturated rings. The molecular formula is C16H20N4O4. The van der Waals surface area contributed by atoms with Crippen LogP contribution < -0.4 is 5.32 Å². The van der Waals surface area contributed by atoms with Crippen LogP contribution in [0, 0.1) is 10.1 Å². The minimum Gasteiger partial charge on any atom is -0.391 e. The van der Waals surface area contributed by atoms with E-state index in [1.165, 1.54) is 10.9 Å². The Kier molecular flexibility index (Phi) is 5.30. The molecule has 8 nitrogen and oxygen atoms in total. The fourth-order valence-electron chi connectivity index (χ4n) is 2.20. The number of nitro groups is 1. The Bertz CT molecular complexity index is 712. The molecule has 1 aromatic carbocycles. The number of rotatable bonds is 7. The smallest absolute Gasteiger partial charge is 0.307 e. The van der Waals surface area contributed by atoms with Crippen LogP contribution in [-0.4, -0.2) is 38.4 Å². The van der Waals surface area contributed by atoms with Gasteiger partial charge in [-0.05, 0) is 19.4 Å². The van der Waals surface area contributed by atoms with Crippen molar-refractivity contribution in [3.05, 3.63) is 58.4 Å². The average molecular weight is 332 g/mol. The van der Waals surface area contributed by atoms with Crippen molar-refractivity contribution in [3.8, 4) is 0 Å². The van der Waals surface area contributed by atoms with Crippen molar-refractivity contribution in [1.29, 1.82) is 0 Å². The summed E-state index contributed by atoms with van der Waals surface area (Å²) in [5.41, 5.74) is -0.318. The van der Waals surface area contributed by atoms with Gasteiger partial charge in [0.1, 0.15) is 17.9 Å². The molecule has 128 valence electrons. The molecule has 0 saturated carbocycles. The normalized spacial score (nSPS) is 12.6. The summed E-state index contributed by atoms with van der Waals surface area (Å²) in [6, 6.07) is 9.46. The molecule has 0 aliphatic carbocycles. The second kappa shape index (κ2) is 7.22. The van der Waals surface area contributed by atoms with Crippen LogP contribution >= 0.6 is 0 Å². The molecule has 0 radical (unpaired) electrons. The lowest BCUT2D eigenvalue weighted by Crippen LogP contribution is -2.47. The number of hydrogen-bond donors (Lipinski definition) is 2. The lowest BCUT2D eigenvalue weighted by atomic mass is 10.0. The van der Waals surface area contributed by atoms with Gasteiger partial charge in [-0.1, -0.05) is 30.3 Å². The highest BCUT2D eigenvalue weighted by atomic mass is 16.6. The van der Waals surface area contributed by atoms with Gasteiger partial charge in [0.15, 0.2) is 0 Å². The number of carbonyl (C=O) groups is 1. The third-order valence-corrected chi connectivity index (χ3v) is 3.72. The molecular weight excluding hydrogens is 312 g/mol. The van der Waals surface area contributed by atoms with Crippen LogP contribution in [0.3, 0.4) is 0 Å². The quantitative estimate of drug-likeness (QED) is 0.585. The number of hydrogen-bond acceptors (Lipinski definition) is 5. The zero-order chi connectivity index (χ0) is 17.7. The van der Waals surface area contributed by atoms with Crippen molar-refractivity contribution in [2.45, 2.75) is 31.9 Å². The van der Waals surface area contributed by atoms with Gasteiger partial charge in [-0.3, -0.25) is 19.6 Å². The van der Waals surface area contributed by atoms with Crippen LogP contribution in [0.2, 0.25) is 0 Å². The number of aromatic nitrogens is 2. The van der Waals surface area contributed by atoms with Gasteiger partial charge in [-0.25, -0.2) is 0 Å². The monoisotopic (exact) mass is 332 g/mol. The van der Waals surface area contributed by atoms with E-state index in [2.05, 4.69) is 10.4 Å². The molecule has 1 atom stereocenters. The predicted molar refractivity (Wildman–Crippen MR) is 87.4 cm³/mol. The minimum absolute atomic E-state index is 0.0838. The second-order valence-corrected chi connectivity index (χ2v) is 6.01. The van der Waals surface area contributed by atoms with Crippen LogP contribution in [0.1, 0.15) is 19.4 Å². The third-order valence-electron chi connectivity index (χ3n) is 3.72. The van der Waals surface area contributed by atoms with E-state index >= 15 is 0 Å². The van der Waals surface area contributed by atoms with Crippen LogP contribution in [0.15, 0.2) is 42.7 Å². The fourth-order valence-corrected chi connectivity index (χ4v) is 2.20. The van der Waals surface area contributed by atoms with Gasteiger partial charge in [-0.15, -0.1) is 0 Å². The van der Waals surface area contributed by atoms with Gasteiger partial charge in [0.25, 0.3) is 0 Å². The highest BCUT2D eigenvalue weighted by molar-refractivity contribution is 5.83. The molecule has 1 amide bonds. The molecule has 2 rings (SSSR count). The van der Waals surface area contributed by atoms with Crippen LogP contribution in [0.4, 0.5) is 5.69 Å². The third kappa shape index (κ3) is 4.17. The van der Waals surface area contributed by atoms with E-state index in [1.807, 2.05) is 30.3 Å². The van der Waals surface area contributed by atoms with Gasteiger partial charge in [0.05, 0.1) is 11.0 Å². The summed E-state index contributed by atoms with van der Waals surface area (Å²) in [6.45, 7) is 3.28. The first-order chi connectivity index (χ1) is 11.3. The van der Waals surface area contributed by atoms with Crippen molar-refractivity contribution in [1.82, 2.24) is 15.1 Å². The van der Waals surface area contributed by atoms with Crippen LogP contribution in [-0.2, 0) is 16.8 Å². The van der Waals surface area contributed by atoms with E-state index in [0.717, 1.165) is 11.8 Å². The summed E-state index contributed by atoms with van der Waals surface area (Å²) in [4.78, 5) is 22.5. The van der Waals surface area contributed by atoms with Crippen LogP contribution in [0.25, 0.3) is 0 Å². The van der Waals surface area contributed by atoms with Gasteiger partial charge >= 0.3 is 5.69 Å². The fraction of sp³-hybridized carbons (Fsp3) is 0.375. The second-order valence-electron chi connectivity index (χ2n) is 6.01. The summed E-state index contributed by atoms with van der Waals surface area (Å²) in [7, 11) is 0. The number of carbonyl (C=O) groups excluding carboxylic acids is 1. The average Bonchev–Trinajstić information content (AvgIpc) is 3.04. The molecule has 0 saturated heterocycles. The first kappa shape index (κ1) is 17.6. The highest BCUT2D eigenvalue weighted by Crippen LogP contribution is 2.18. The maximum Gasteiger partial charge on any atom is 0.307 e. The Labute approximate surface area is 139 Å². The molecule has 0 unspecified atom stereocenters. The maximum absolute atomic E-state index is 12.3. The summed E-state index contributed by atoms with van der Waals surface area (Å²) >= 11 is 0. The van der Waals surface area contributed by atoms with Gasteiger partial charge in [0, 0.05) is 13.0 Å². The molecule has 0 aliphatic rings. The van der Waals surface area contributed by atoms with Crippen molar-refractivity contribution >= 4 is 11.6 Å². The van der Waals surface area contributed by atoms with E-state index < -0.39 is 16.6 Å². The zero-order valence-electron chi connectivity index (χ0n) is 13.5. The Morgan fingerprint density at radius 3 is 2.67 bits per heavy atom. The molecule has 1 heterocycles. The Morgan fingerprint density at radius 1 is 1.42 bits per heavy atom. The zero-order valence-corrected chi connectivity index (χ0v) is 13.5. The van der Waals surface area contributed by atoms with E-state index in [-0.39, 0.29) is 18.1 Å². The molecule has 0 bridgehead atoms. The predicted octanol–water partition coefficient (Wildman–Crippen LogP) is 1.25. The Hall–Kier alpha value is -2.74. The van der Waals surface area contributed by atoms with Crippen molar-refractivity contribution < 1.29 is 14.8 Å². The number of nitrogens with zero attached hydrogens (tertiary/aromatic N) is 3. The van der Waals surface area contributed by atoms with E-state index in [9.17, 15) is 20.0 Å². The van der Waals surface area contributed by atoms with Crippen molar-refractivity contribution in [2.24, 2.45) is 0 Å². The number of aliphatic hydroxyl groups is 1. The molecule has 8 heteroatoms. The first-order valence-electron chi connectivity index (χ1n) is 7.50. The molecule has 0 spiro atoms. The van der Waals surface area contributed by atoms with E-state index in [4.69, 9.17) is 0 Å². The highest BCUT2D eigenvalue weighted by Gasteiger charge is 2.32. The number of nitrogens with one attached hydrogen (secondary N) is 1. The minimum atomic E-state index is -1.11. The lowest BCUT2D eigenvalue weighted by Gasteiger charge is -2.24. The Balaban J connectivity index is 1.93. The molecule has 2 N–H and O–H groups in total. The molecule has 1 aromatic heterocycles. The topological polar surface area (TPSA) is 110 Å². The largest absolute Gasteiger partial charge is 0.391 e. The summed E-state index contributed by atoms with van der Waals surface area (Å²) in [6.07, 6.45) is 2.01. The van der Waals surface area contributed by atoms with Crippen molar-refractivity contribution in [2.75, 3.05) is 6.54 Å². The van der Waals surface area contributed by atoms with Crippen molar-refractivity contribution in [3.63, 3.8) is 0 Å². The summed E-state index contributed by atoms with van der Waals surface area (Å²) in [5, 5.41) is 27.3. The van der Waals surface area contributed by atoms with Gasteiger partial charge < -0.3 is 10.4 Å². The Morgan fingerprint density at radius 2 is 2.08 bits per heavy atom. The van der Waals surface area contributed by atoms with Gasteiger partial charge in [-0.2, -0.15) is 5.10 Å². The first-order valence-corrected chi connectivity index (χ1v) is 7.50. The van der Waals surface area contributed by atoms with Gasteiger partial charge in [0.2, 0.25) is 5.91 Å². The standard InChI is InChI=1S/C16H20N4O4/c1-16(2,19-11-13(9-18-19)20(23)24)15(22)17-10-14(21)8-12-6-4-3-5-7-12/h3-7,9,11,14,21H,8,10H2,1-2H3,(H,17,22)/t14-/m0/s1. The number of aliphatic hydroxyl groups excluding tert-OH is 1. The maximum atomic E-state index is 12.3. The molecule has 24 heavy (non-hydrogen) atoms.